The van der Waals surface area contributed by atoms with Gasteiger partial charge in [0.2, 0.25) is 0 Å². The number of carbonyl (C=O) groups is 1. The van der Waals surface area contributed by atoms with E-state index in [9.17, 15) is 4.79 Å². The summed E-state index contributed by atoms with van der Waals surface area (Å²) >= 11 is 0. The van der Waals surface area contributed by atoms with E-state index in [1.54, 1.807) is 0 Å². The smallest absolute Gasteiger partial charge is 0.272 e. The zero-order chi connectivity index (χ0) is 16.9. The third-order valence-corrected chi connectivity index (χ3v) is 4.01. The summed E-state index contributed by atoms with van der Waals surface area (Å²) < 4.78 is 0. The molecule has 0 fully saturated rings. The molecule has 0 atom stereocenters. The highest BCUT2D eigenvalue weighted by Gasteiger charge is 2.16. The van der Waals surface area contributed by atoms with Crippen molar-refractivity contribution >= 4 is 22.5 Å². The van der Waals surface area contributed by atoms with E-state index in [0.717, 1.165) is 28.7 Å². The van der Waals surface area contributed by atoms with Gasteiger partial charge in [-0.15, -0.1) is 10.2 Å². The molecule has 3 aromatic rings. The van der Waals surface area contributed by atoms with Crippen molar-refractivity contribution in [3.63, 3.8) is 0 Å². The molecule has 5 nitrogen and oxygen atoms in total. The van der Waals surface area contributed by atoms with Crippen LogP contribution in [0.3, 0.4) is 0 Å². The molecular formula is C19H20N4O. The summed E-state index contributed by atoms with van der Waals surface area (Å²) in [6.45, 7) is 3.33. The molecule has 5 heteroatoms. The van der Waals surface area contributed by atoms with E-state index in [1.165, 1.54) is 0 Å². The first-order valence-corrected chi connectivity index (χ1v) is 7.99. The van der Waals surface area contributed by atoms with Gasteiger partial charge >= 0.3 is 0 Å². The van der Waals surface area contributed by atoms with Gasteiger partial charge in [0.1, 0.15) is 0 Å². The van der Waals surface area contributed by atoms with Crippen molar-refractivity contribution in [3.05, 3.63) is 65.9 Å². The van der Waals surface area contributed by atoms with Crippen LogP contribution in [0, 0.1) is 0 Å². The van der Waals surface area contributed by atoms with E-state index in [4.69, 9.17) is 0 Å². The lowest BCUT2D eigenvalue weighted by Gasteiger charge is -2.17. The van der Waals surface area contributed by atoms with Gasteiger partial charge in [-0.2, -0.15) is 0 Å². The van der Waals surface area contributed by atoms with E-state index >= 15 is 0 Å². The number of fused-ring (bicyclic) bond motifs is 1. The van der Waals surface area contributed by atoms with Gasteiger partial charge in [-0.1, -0.05) is 54.6 Å². The molecule has 0 radical (unpaired) electrons. The van der Waals surface area contributed by atoms with E-state index in [2.05, 4.69) is 22.4 Å². The first-order chi connectivity index (χ1) is 11.7. The molecule has 0 spiro atoms. The molecule has 3 rings (SSSR count). The number of anilines is 1. The molecule has 1 amide bonds. The van der Waals surface area contributed by atoms with Crippen LogP contribution in [-0.4, -0.2) is 29.7 Å². The second-order valence-electron chi connectivity index (χ2n) is 5.60. The Morgan fingerprint density at radius 1 is 1.00 bits per heavy atom. The third-order valence-electron chi connectivity index (χ3n) is 4.01. The highest BCUT2D eigenvalue weighted by Crippen LogP contribution is 2.25. The molecule has 0 saturated carbocycles. The van der Waals surface area contributed by atoms with E-state index < -0.39 is 0 Å². The molecular weight excluding hydrogens is 300 g/mol. The molecule has 0 bridgehead atoms. The summed E-state index contributed by atoms with van der Waals surface area (Å²) in [6.07, 6.45) is 0. The van der Waals surface area contributed by atoms with Crippen molar-refractivity contribution in [1.29, 1.82) is 0 Å². The van der Waals surface area contributed by atoms with Gasteiger partial charge in [0, 0.05) is 30.9 Å². The number of benzene rings is 2. The van der Waals surface area contributed by atoms with E-state index in [-0.39, 0.29) is 5.91 Å². The van der Waals surface area contributed by atoms with Gasteiger partial charge in [-0.25, -0.2) is 0 Å². The molecule has 122 valence electrons. The maximum Gasteiger partial charge on any atom is 0.272 e. The second-order valence-corrected chi connectivity index (χ2v) is 5.60. The van der Waals surface area contributed by atoms with Crippen molar-refractivity contribution in [2.75, 3.05) is 18.5 Å². The molecule has 0 saturated heterocycles. The highest BCUT2D eigenvalue weighted by molar-refractivity contribution is 6.07. The zero-order valence-electron chi connectivity index (χ0n) is 13.9. The van der Waals surface area contributed by atoms with Crippen molar-refractivity contribution in [1.82, 2.24) is 15.5 Å². The maximum absolute atomic E-state index is 12.6. The minimum atomic E-state index is -0.215. The standard InChI is InChI=1S/C19H20N4O/c1-3-23(2)18-16-12-8-7-11-15(16)17(21-22-18)19(24)20-13-14-9-5-4-6-10-14/h4-12H,3,13H2,1-2H3,(H,20,24). The van der Waals surface area contributed by atoms with Gasteiger partial charge in [-0.05, 0) is 12.5 Å². The summed E-state index contributed by atoms with van der Waals surface area (Å²) in [5.41, 5.74) is 1.40. The fraction of sp³-hybridized carbons (Fsp3) is 0.211. The summed E-state index contributed by atoms with van der Waals surface area (Å²) in [5.74, 6) is 0.570. The second kappa shape index (κ2) is 7.08. The van der Waals surface area contributed by atoms with Gasteiger partial charge in [0.25, 0.3) is 5.91 Å². The number of amides is 1. The van der Waals surface area contributed by atoms with E-state index in [1.807, 2.05) is 66.5 Å². The molecule has 1 aromatic heterocycles. The highest BCUT2D eigenvalue weighted by atomic mass is 16.1. The lowest BCUT2D eigenvalue weighted by molar-refractivity contribution is 0.0947. The molecule has 1 heterocycles. The van der Waals surface area contributed by atoms with Crippen LogP contribution >= 0.6 is 0 Å². The third kappa shape index (κ3) is 3.20. The lowest BCUT2D eigenvalue weighted by Crippen LogP contribution is -2.25. The predicted octanol–water partition coefficient (Wildman–Crippen LogP) is 3.02. The topological polar surface area (TPSA) is 58.1 Å². The van der Waals surface area contributed by atoms with Crippen LogP contribution in [0.25, 0.3) is 10.8 Å². The van der Waals surface area contributed by atoms with Crippen LogP contribution in [0.1, 0.15) is 23.0 Å². The van der Waals surface area contributed by atoms with Crippen molar-refractivity contribution < 1.29 is 4.79 Å². The Kier molecular flexibility index (Phi) is 4.70. The minimum absolute atomic E-state index is 0.215. The zero-order valence-corrected chi connectivity index (χ0v) is 13.9. The molecule has 24 heavy (non-hydrogen) atoms. The van der Waals surface area contributed by atoms with Crippen LogP contribution in [0.2, 0.25) is 0 Å². The summed E-state index contributed by atoms with van der Waals surface area (Å²) in [7, 11) is 1.96. The van der Waals surface area contributed by atoms with Gasteiger partial charge in [0.05, 0.1) is 0 Å². The van der Waals surface area contributed by atoms with Crippen LogP contribution < -0.4 is 10.2 Å². The number of nitrogens with one attached hydrogen (secondary N) is 1. The van der Waals surface area contributed by atoms with E-state index in [0.29, 0.717) is 12.2 Å². The predicted molar refractivity (Wildman–Crippen MR) is 96.1 cm³/mol. The van der Waals surface area contributed by atoms with Gasteiger partial charge < -0.3 is 10.2 Å². The number of hydrogen-bond donors (Lipinski definition) is 1. The fourth-order valence-corrected chi connectivity index (χ4v) is 2.55. The Bertz CT molecular complexity index is 848. The van der Waals surface area contributed by atoms with Crippen LogP contribution in [-0.2, 0) is 6.54 Å². The monoisotopic (exact) mass is 320 g/mol. The molecule has 0 aliphatic rings. The average Bonchev–Trinajstić information content (AvgIpc) is 2.65. The quantitative estimate of drug-likeness (QED) is 0.785. The number of nitrogens with zero attached hydrogens (tertiary/aromatic N) is 3. The van der Waals surface area contributed by atoms with Gasteiger partial charge in [-0.3, -0.25) is 4.79 Å². The van der Waals surface area contributed by atoms with Crippen molar-refractivity contribution in [3.8, 4) is 0 Å². The van der Waals surface area contributed by atoms with Crippen LogP contribution in [0.4, 0.5) is 5.82 Å². The molecule has 2 aromatic carbocycles. The number of aromatic nitrogens is 2. The normalized spacial score (nSPS) is 10.6. The minimum Gasteiger partial charge on any atom is -0.358 e. The van der Waals surface area contributed by atoms with Gasteiger partial charge in [0.15, 0.2) is 11.5 Å². The molecule has 0 aliphatic heterocycles. The summed E-state index contributed by atoms with van der Waals surface area (Å²) in [5, 5.41) is 13.1. The van der Waals surface area contributed by atoms with Crippen molar-refractivity contribution in [2.24, 2.45) is 0 Å². The van der Waals surface area contributed by atoms with Crippen molar-refractivity contribution in [2.45, 2.75) is 13.5 Å². The Balaban J connectivity index is 1.91. The first-order valence-electron chi connectivity index (χ1n) is 7.99. The number of rotatable bonds is 5. The Morgan fingerprint density at radius 3 is 2.38 bits per heavy atom. The van der Waals surface area contributed by atoms with Crippen LogP contribution in [0.15, 0.2) is 54.6 Å². The largest absolute Gasteiger partial charge is 0.358 e. The first kappa shape index (κ1) is 15.9. The fourth-order valence-electron chi connectivity index (χ4n) is 2.55. The molecule has 0 aliphatic carbocycles. The number of hydrogen-bond acceptors (Lipinski definition) is 4. The molecule has 1 N–H and O–H groups in total. The maximum atomic E-state index is 12.6. The number of carbonyl (C=O) groups excluding carboxylic acids is 1. The SMILES string of the molecule is CCN(C)c1nnc(C(=O)NCc2ccccc2)c2ccccc12. The Morgan fingerprint density at radius 2 is 1.67 bits per heavy atom. The average molecular weight is 320 g/mol. The summed E-state index contributed by atoms with van der Waals surface area (Å²) in [4.78, 5) is 14.6. The Labute approximate surface area is 141 Å². The van der Waals surface area contributed by atoms with Crippen LogP contribution in [0.5, 0.6) is 0 Å². The lowest BCUT2D eigenvalue weighted by atomic mass is 10.1. The summed E-state index contributed by atoms with van der Waals surface area (Å²) in [6, 6.07) is 17.5. The molecule has 0 unspecified atom stereocenters. The Hall–Kier alpha value is -2.95.